The van der Waals surface area contributed by atoms with E-state index in [0.717, 1.165) is 34.6 Å². The van der Waals surface area contributed by atoms with Crippen LogP contribution in [0.1, 0.15) is 49.0 Å². The van der Waals surface area contributed by atoms with Gasteiger partial charge in [0, 0.05) is 41.7 Å². The molecule has 1 aliphatic heterocycles. The van der Waals surface area contributed by atoms with E-state index < -0.39 is 43.9 Å². The highest BCUT2D eigenvalue weighted by Crippen LogP contribution is 2.42. The normalized spacial score (nSPS) is 13.9. The largest absolute Gasteiger partial charge is 0.464 e. The molecule has 6 aromatic rings. The van der Waals surface area contributed by atoms with Gasteiger partial charge in [0.1, 0.15) is 33.0 Å². The van der Waals surface area contributed by atoms with E-state index in [1.807, 2.05) is 57.2 Å². The van der Waals surface area contributed by atoms with Crippen molar-refractivity contribution in [1.29, 1.82) is 0 Å². The van der Waals surface area contributed by atoms with Crippen LogP contribution in [0, 0.1) is 11.6 Å². The summed E-state index contributed by atoms with van der Waals surface area (Å²) >= 11 is 7.56. The number of hydrogen-bond donors (Lipinski definition) is 1. The van der Waals surface area contributed by atoms with Crippen molar-refractivity contribution < 1.29 is 31.8 Å². The molecule has 2 aromatic heterocycles. The number of likely N-dealkylation sites (tertiary alicyclic amines) is 1. The zero-order valence-corrected chi connectivity index (χ0v) is 31.6. The maximum Gasteiger partial charge on any atom is 0.427 e. The molecule has 4 aromatic carbocycles. The lowest BCUT2D eigenvalue weighted by Crippen LogP contribution is -2.50. The van der Waals surface area contributed by atoms with Crippen molar-refractivity contribution in [2.75, 3.05) is 17.4 Å². The highest BCUT2D eigenvalue weighted by Gasteiger charge is 2.38. The topological polar surface area (TPSA) is 118 Å². The molecule has 0 saturated carbocycles. The first kappa shape index (κ1) is 37.2. The third-order valence-corrected chi connectivity index (χ3v) is 12.2. The number of carbonyl (C=O) groups is 1. The summed E-state index contributed by atoms with van der Waals surface area (Å²) < 4.78 is 65.6. The Balaban J connectivity index is 1.16. The van der Waals surface area contributed by atoms with Crippen LogP contribution < -0.4 is 9.04 Å². The van der Waals surface area contributed by atoms with E-state index >= 15 is 4.39 Å². The van der Waals surface area contributed by atoms with E-state index in [4.69, 9.17) is 16.3 Å². The summed E-state index contributed by atoms with van der Waals surface area (Å²) in [7, 11) is -5.04. The van der Waals surface area contributed by atoms with E-state index in [-0.39, 0.29) is 32.9 Å². The summed E-state index contributed by atoms with van der Waals surface area (Å²) in [5, 5.41) is 15.9. The molecular formula is C39H34ClF2N5O5S2. The van der Waals surface area contributed by atoms with Gasteiger partial charge in [0.2, 0.25) is 0 Å². The summed E-state index contributed by atoms with van der Waals surface area (Å²) in [5.41, 5.74) is 2.65. The van der Waals surface area contributed by atoms with Crippen LogP contribution in [-0.4, -0.2) is 52.4 Å². The standard InChI is InChI=1S/C39H34ClF2N5O5S2/c1-39(2,3)37-44-35(23-53-37)47(38(48)49)54(50,51)34-19-29(40)33(20-30(34)42)52-32-15-14-26(41)18-28(32)31-16-17-43-46(31)27-21-45(22-27)36(24-10-6-4-7-11-24)25-12-8-5-9-13-25/h4-20,23,27,36H,21-22H2,1-3H3,(H,48,49). The third-order valence-electron chi connectivity index (χ3n) is 8.96. The van der Waals surface area contributed by atoms with Crippen LogP contribution in [-0.2, 0) is 15.4 Å². The number of rotatable bonds is 10. The second kappa shape index (κ2) is 14.6. The molecule has 1 N–H and O–H groups in total. The number of carboxylic acid groups (broad SMARTS) is 1. The summed E-state index contributed by atoms with van der Waals surface area (Å²) in [6, 6.07) is 27.4. The van der Waals surface area contributed by atoms with Crippen LogP contribution in [0.25, 0.3) is 11.3 Å². The molecule has 0 bridgehead atoms. The van der Waals surface area contributed by atoms with E-state index in [1.165, 1.54) is 23.6 Å². The van der Waals surface area contributed by atoms with E-state index in [9.17, 15) is 22.7 Å². The highest BCUT2D eigenvalue weighted by molar-refractivity contribution is 7.93. The first-order valence-corrected chi connectivity index (χ1v) is 19.5. The molecule has 10 nitrogen and oxygen atoms in total. The van der Waals surface area contributed by atoms with Crippen molar-refractivity contribution in [2.45, 2.75) is 43.2 Å². The fourth-order valence-electron chi connectivity index (χ4n) is 6.38. The number of thiazole rings is 1. The van der Waals surface area contributed by atoms with Gasteiger partial charge >= 0.3 is 6.09 Å². The van der Waals surface area contributed by atoms with Crippen LogP contribution in [0.3, 0.4) is 0 Å². The first-order chi connectivity index (χ1) is 25.7. The second-order valence-corrected chi connectivity index (χ2v) is 16.8. The van der Waals surface area contributed by atoms with Crippen molar-refractivity contribution in [3.05, 3.63) is 141 Å². The quantitative estimate of drug-likeness (QED) is 0.146. The molecule has 1 aliphatic rings. The summed E-state index contributed by atoms with van der Waals surface area (Å²) in [4.78, 5) is 17.8. The first-order valence-electron chi connectivity index (χ1n) is 16.8. The summed E-state index contributed by atoms with van der Waals surface area (Å²) in [6.45, 7) is 6.80. The van der Waals surface area contributed by atoms with Gasteiger partial charge in [0.05, 0.1) is 22.8 Å². The molecule has 15 heteroatoms. The fraction of sp³-hybridized carbons (Fsp3) is 0.205. The second-order valence-electron chi connectivity index (χ2n) is 13.8. The van der Waals surface area contributed by atoms with Gasteiger partial charge in [-0.15, -0.1) is 15.6 Å². The maximum absolute atomic E-state index is 15.7. The number of anilines is 1. The molecule has 0 atom stereocenters. The van der Waals surface area contributed by atoms with Gasteiger partial charge in [-0.05, 0) is 41.5 Å². The molecular weight excluding hydrogens is 756 g/mol. The summed E-state index contributed by atoms with van der Waals surface area (Å²) in [6.07, 6.45) is -0.277. The number of nitrogens with zero attached hydrogens (tertiary/aromatic N) is 5. The van der Waals surface area contributed by atoms with Crippen LogP contribution in [0.5, 0.6) is 11.5 Å². The average molecular weight is 790 g/mol. The molecule has 0 aliphatic carbocycles. The Bertz CT molecular complexity index is 2390. The summed E-state index contributed by atoms with van der Waals surface area (Å²) in [5.74, 6) is -2.45. The fourth-order valence-corrected chi connectivity index (χ4v) is 8.90. The van der Waals surface area contributed by atoms with Crippen molar-refractivity contribution in [3.63, 3.8) is 0 Å². The third kappa shape index (κ3) is 7.21. The lowest BCUT2D eigenvalue weighted by atomic mass is 9.93. The van der Waals surface area contributed by atoms with Gasteiger partial charge in [-0.25, -0.2) is 27.0 Å². The zero-order chi connectivity index (χ0) is 38.4. The van der Waals surface area contributed by atoms with Gasteiger partial charge in [-0.2, -0.15) is 5.10 Å². The number of halogens is 3. The van der Waals surface area contributed by atoms with Crippen LogP contribution in [0.2, 0.25) is 5.02 Å². The minimum absolute atomic E-state index is 0.0107. The smallest absolute Gasteiger partial charge is 0.427 e. The van der Waals surface area contributed by atoms with E-state index in [1.54, 1.807) is 16.9 Å². The predicted molar refractivity (Wildman–Crippen MR) is 203 cm³/mol. The number of aromatic nitrogens is 3. The Hall–Kier alpha value is -5.15. The van der Waals surface area contributed by atoms with Crippen molar-refractivity contribution in [3.8, 4) is 22.8 Å². The number of benzene rings is 4. The Morgan fingerprint density at radius 1 is 0.963 bits per heavy atom. The number of amides is 1. The average Bonchev–Trinajstić information content (AvgIpc) is 3.80. The monoisotopic (exact) mass is 789 g/mol. The van der Waals surface area contributed by atoms with Gasteiger partial charge in [0.25, 0.3) is 10.0 Å². The molecule has 3 heterocycles. The van der Waals surface area contributed by atoms with Gasteiger partial charge in [-0.3, -0.25) is 9.58 Å². The van der Waals surface area contributed by atoms with E-state index in [2.05, 4.69) is 39.2 Å². The molecule has 1 fully saturated rings. The van der Waals surface area contributed by atoms with Gasteiger partial charge < -0.3 is 9.84 Å². The molecule has 1 amide bonds. The Labute approximate surface area is 319 Å². The molecule has 1 saturated heterocycles. The van der Waals surface area contributed by atoms with Crippen molar-refractivity contribution >= 4 is 44.9 Å². The van der Waals surface area contributed by atoms with Crippen LogP contribution in [0.15, 0.2) is 114 Å². The number of ether oxygens (including phenoxy) is 1. The number of hydrogen-bond acceptors (Lipinski definition) is 8. The van der Waals surface area contributed by atoms with Crippen LogP contribution in [0.4, 0.5) is 19.4 Å². The van der Waals surface area contributed by atoms with E-state index in [0.29, 0.717) is 29.4 Å². The number of sulfonamides is 1. The predicted octanol–water partition coefficient (Wildman–Crippen LogP) is 9.55. The van der Waals surface area contributed by atoms with Gasteiger partial charge in [0.15, 0.2) is 5.82 Å². The zero-order valence-electron chi connectivity index (χ0n) is 29.2. The molecule has 0 unspecified atom stereocenters. The highest BCUT2D eigenvalue weighted by atomic mass is 35.5. The Morgan fingerprint density at radius 3 is 2.20 bits per heavy atom. The van der Waals surface area contributed by atoms with Crippen LogP contribution >= 0.6 is 22.9 Å². The molecule has 7 rings (SSSR count). The lowest BCUT2D eigenvalue weighted by molar-refractivity contribution is 0.0691. The molecule has 54 heavy (non-hydrogen) atoms. The van der Waals surface area contributed by atoms with Gasteiger partial charge in [-0.1, -0.05) is 93.0 Å². The molecule has 0 spiro atoms. The molecule has 0 radical (unpaired) electrons. The Morgan fingerprint density at radius 2 is 1.61 bits per heavy atom. The van der Waals surface area contributed by atoms with Crippen molar-refractivity contribution in [1.82, 2.24) is 19.7 Å². The minimum Gasteiger partial charge on any atom is -0.464 e. The van der Waals surface area contributed by atoms with Crippen molar-refractivity contribution in [2.24, 2.45) is 0 Å². The lowest BCUT2D eigenvalue weighted by Gasteiger charge is -2.45. The Kier molecular flexibility index (Phi) is 10.0. The molecule has 278 valence electrons. The SMILES string of the molecule is CC(C)(C)c1nc(N(C(=O)O)S(=O)(=O)c2cc(Cl)c(Oc3ccc(F)cc3-c3ccnn3C3CN(C(c4ccccc4)c4ccccc4)C3)cc2F)cs1. The maximum atomic E-state index is 15.7. The minimum atomic E-state index is -5.04.